The van der Waals surface area contributed by atoms with E-state index in [1.807, 2.05) is 24.3 Å². The van der Waals surface area contributed by atoms with E-state index in [1.165, 1.54) is 6.07 Å². The van der Waals surface area contributed by atoms with Gasteiger partial charge in [-0.05, 0) is 36.8 Å². The average molecular weight is 349 g/mol. The second-order valence-electron chi connectivity index (χ2n) is 5.06. The van der Waals surface area contributed by atoms with Gasteiger partial charge in [-0.15, -0.1) is 0 Å². The maximum atomic E-state index is 12.0. The number of aromatic nitrogens is 2. The fourth-order valence-corrected chi connectivity index (χ4v) is 2.75. The van der Waals surface area contributed by atoms with Crippen molar-refractivity contribution < 1.29 is 9.53 Å². The number of nitrogens with zero attached hydrogens (tertiary/aromatic N) is 1. The normalized spacial score (nSPS) is 10.9. The van der Waals surface area contributed by atoms with Gasteiger partial charge in [-0.1, -0.05) is 35.3 Å². The van der Waals surface area contributed by atoms with E-state index < -0.39 is 5.97 Å². The van der Waals surface area contributed by atoms with Crippen molar-refractivity contribution in [2.45, 2.75) is 12.8 Å². The van der Waals surface area contributed by atoms with E-state index in [0.717, 1.165) is 16.9 Å². The molecule has 1 heterocycles. The molecule has 0 atom stereocenters. The Morgan fingerprint density at radius 2 is 2.00 bits per heavy atom. The number of aryl methyl sites for hydroxylation is 1. The lowest BCUT2D eigenvalue weighted by Crippen LogP contribution is -2.08. The standard InChI is InChI=1S/C17H14Cl2N2O2/c18-11-7-8-12(13(19)10-11)17(22)23-9-3-6-16-20-14-4-1-2-5-15(14)21-16/h1-2,4-5,7-8,10H,3,6,9H2,(H,20,21). The van der Waals surface area contributed by atoms with Crippen molar-refractivity contribution in [3.05, 3.63) is 63.9 Å². The van der Waals surface area contributed by atoms with Crippen molar-refractivity contribution in [2.24, 2.45) is 0 Å². The molecule has 3 rings (SSSR count). The van der Waals surface area contributed by atoms with Crippen molar-refractivity contribution >= 4 is 40.2 Å². The van der Waals surface area contributed by atoms with Gasteiger partial charge in [-0.2, -0.15) is 0 Å². The van der Waals surface area contributed by atoms with Gasteiger partial charge >= 0.3 is 5.97 Å². The summed E-state index contributed by atoms with van der Waals surface area (Å²) < 4.78 is 5.24. The highest BCUT2D eigenvalue weighted by molar-refractivity contribution is 6.36. The molecular weight excluding hydrogens is 335 g/mol. The number of rotatable bonds is 5. The molecule has 0 radical (unpaired) electrons. The van der Waals surface area contributed by atoms with E-state index in [-0.39, 0.29) is 0 Å². The number of fused-ring (bicyclic) bond motifs is 1. The number of ether oxygens (including phenoxy) is 1. The predicted molar refractivity (Wildman–Crippen MR) is 91.2 cm³/mol. The lowest BCUT2D eigenvalue weighted by atomic mass is 10.2. The molecule has 4 nitrogen and oxygen atoms in total. The minimum Gasteiger partial charge on any atom is -0.462 e. The Labute approximate surface area is 143 Å². The molecule has 1 N–H and O–H groups in total. The Hall–Kier alpha value is -2.04. The number of aromatic amines is 1. The molecule has 1 aromatic heterocycles. The molecule has 0 aliphatic rings. The van der Waals surface area contributed by atoms with Crippen molar-refractivity contribution in [3.8, 4) is 0 Å². The summed E-state index contributed by atoms with van der Waals surface area (Å²) in [7, 11) is 0. The van der Waals surface area contributed by atoms with Gasteiger partial charge in [0.05, 0.1) is 28.2 Å². The molecule has 0 saturated heterocycles. The molecular formula is C17H14Cl2N2O2. The Balaban J connectivity index is 1.52. The maximum absolute atomic E-state index is 12.0. The number of H-pyrrole nitrogens is 1. The number of imidazole rings is 1. The number of carbonyl (C=O) groups excluding carboxylic acids is 1. The van der Waals surface area contributed by atoms with Gasteiger partial charge in [-0.25, -0.2) is 9.78 Å². The first-order chi connectivity index (χ1) is 11.1. The van der Waals surface area contributed by atoms with Gasteiger partial charge in [-0.3, -0.25) is 0 Å². The van der Waals surface area contributed by atoms with Crippen molar-refractivity contribution in [2.75, 3.05) is 6.61 Å². The topological polar surface area (TPSA) is 55.0 Å². The number of esters is 1. The number of halogens is 2. The van der Waals surface area contributed by atoms with E-state index in [0.29, 0.717) is 35.1 Å². The van der Waals surface area contributed by atoms with Gasteiger partial charge in [0.1, 0.15) is 5.82 Å². The highest BCUT2D eigenvalue weighted by Crippen LogP contribution is 2.21. The number of benzene rings is 2. The van der Waals surface area contributed by atoms with Gasteiger partial charge in [0.25, 0.3) is 0 Å². The molecule has 0 bridgehead atoms. The molecule has 0 saturated carbocycles. The molecule has 0 unspecified atom stereocenters. The molecule has 0 spiro atoms. The van der Waals surface area contributed by atoms with Crippen LogP contribution in [0, 0.1) is 0 Å². The Morgan fingerprint density at radius 3 is 2.78 bits per heavy atom. The summed E-state index contributed by atoms with van der Waals surface area (Å²) in [6.07, 6.45) is 1.38. The van der Waals surface area contributed by atoms with Crippen LogP contribution < -0.4 is 0 Å². The molecule has 0 aliphatic carbocycles. The zero-order chi connectivity index (χ0) is 16.2. The van der Waals surface area contributed by atoms with E-state index in [1.54, 1.807) is 12.1 Å². The van der Waals surface area contributed by atoms with E-state index in [2.05, 4.69) is 9.97 Å². The summed E-state index contributed by atoms with van der Waals surface area (Å²) in [5.74, 6) is 0.433. The van der Waals surface area contributed by atoms with Crippen LogP contribution in [0.4, 0.5) is 0 Å². The van der Waals surface area contributed by atoms with Gasteiger partial charge in [0.2, 0.25) is 0 Å². The second-order valence-corrected chi connectivity index (χ2v) is 5.91. The van der Waals surface area contributed by atoms with Crippen LogP contribution in [-0.4, -0.2) is 22.5 Å². The number of hydrogen-bond donors (Lipinski definition) is 1. The third-order valence-electron chi connectivity index (χ3n) is 3.38. The molecule has 118 valence electrons. The summed E-state index contributed by atoms with van der Waals surface area (Å²) in [6.45, 7) is 0.300. The van der Waals surface area contributed by atoms with Crippen LogP contribution in [0.25, 0.3) is 11.0 Å². The van der Waals surface area contributed by atoms with Crippen LogP contribution in [0.2, 0.25) is 10.0 Å². The number of nitrogens with one attached hydrogen (secondary N) is 1. The first-order valence-electron chi connectivity index (χ1n) is 7.19. The van der Waals surface area contributed by atoms with Crippen LogP contribution in [0.15, 0.2) is 42.5 Å². The third-order valence-corrected chi connectivity index (χ3v) is 3.93. The molecule has 0 amide bonds. The first kappa shape index (κ1) is 15.8. The molecule has 0 aliphatic heterocycles. The maximum Gasteiger partial charge on any atom is 0.339 e. The van der Waals surface area contributed by atoms with Crippen LogP contribution in [0.3, 0.4) is 0 Å². The highest BCUT2D eigenvalue weighted by Gasteiger charge is 2.12. The number of hydrogen-bond acceptors (Lipinski definition) is 3. The van der Waals surface area contributed by atoms with E-state index in [4.69, 9.17) is 27.9 Å². The first-order valence-corrected chi connectivity index (χ1v) is 7.95. The summed E-state index contributed by atoms with van der Waals surface area (Å²) >= 11 is 11.8. The van der Waals surface area contributed by atoms with Crippen molar-refractivity contribution in [1.82, 2.24) is 9.97 Å². The van der Waals surface area contributed by atoms with E-state index in [9.17, 15) is 4.79 Å². The Morgan fingerprint density at radius 1 is 1.17 bits per heavy atom. The van der Waals surface area contributed by atoms with Gasteiger partial charge < -0.3 is 9.72 Å². The van der Waals surface area contributed by atoms with Crippen LogP contribution in [0.1, 0.15) is 22.6 Å². The van der Waals surface area contributed by atoms with Crippen LogP contribution in [0.5, 0.6) is 0 Å². The van der Waals surface area contributed by atoms with Gasteiger partial charge in [0, 0.05) is 11.4 Å². The molecule has 2 aromatic carbocycles. The quantitative estimate of drug-likeness (QED) is 0.538. The molecule has 6 heteroatoms. The van der Waals surface area contributed by atoms with Crippen LogP contribution >= 0.6 is 23.2 Å². The zero-order valence-electron chi connectivity index (χ0n) is 12.2. The fraction of sp³-hybridized carbons (Fsp3) is 0.176. The lowest BCUT2D eigenvalue weighted by Gasteiger charge is -2.06. The van der Waals surface area contributed by atoms with Crippen LogP contribution in [-0.2, 0) is 11.2 Å². The second kappa shape index (κ2) is 7.02. The van der Waals surface area contributed by atoms with Gasteiger partial charge in [0.15, 0.2) is 0 Å². The average Bonchev–Trinajstić information content (AvgIpc) is 2.94. The largest absolute Gasteiger partial charge is 0.462 e. The zero-order valence-corrected chi connectivity index (χ0v) is 13.7. The summed E-state index contributed by atoms with van der Waals surface area (Å²) in [5.41, 5.74) is 2.26. The van der Waals surface area contributed by atoms with E-state index >= 15 is 0 Å². The smallest absolute Gasteiger partial charge is 0.339 e. The van der Waals surface area contributed by atoms with Crippen molar-refractivity contribution in [1.29, 1.82) is 0 Å². The molecule has 0 fully saturated rings. The third kappa shape index (κ3) is 3.84. The minimum absolute atomic E-state index is 0.291. The minimum atomic E-state index is -0.448. The monoisotopic (exact) mass is 348 g/mol. The molecule has 3 aromatic rings. The summed E-state index contributed by atoms with van der Waals surface area (Å²) in [6, 6.07) is 12.5. The summed E-state index contributed by atoms with van der Waals surface area (Å²) in [5, 5.41) is 0.774. The Kier molecular flexibility index (Phi) is 4.84. The SMILES string of the molecule is O=C(OCCCc1nc2ccccc2[nH]1)c1ccc(Cl)cc1Cl. The fourth-order valence-electron chi connectivity index (χ4n) is 2.26. The molecule has 23 heavy (non-hydrogen) atoms. The summed E-state index contributed by atoms with van der Waals surface area (Å²) in [4.78, 5) is 19.7. The lowest BCUT2D eigenvalue weighted by molar-refractivity contribution is 0.0500. The predicted octanol–water partition coefficient (Wildman–Crippen LogP) is 4.66. The number of carbonyl (C=O) groups is 1. The number of para-hydroxylation sites is 2. The van der Waals surface area contributed by atoms with Crippen molar-refractivity contribution in [3.63, 3.8) is 0 Å². The Bertz CT molecular complexity index is 812. The highest BCUT2D eigenvalue weighted by atomic mass is 35.5.